The van der Waals surface area contributed by atoms with Crippen molar-refractivity contribution in [3.05, 3.63) is 77.9 Å². The predicted octanol–water partition coefficient (Wildman–Crippen LogP) is 2.15. The summed E-state index contributed by atoms with van der Waals surface area (Å²) < 4.78 is 29.4. The smallest absolute Gasteiger partial charge is 0.244 e. The van der Waals surface area contributed by atoms with Crippen molar-refractivity contribution in [2.75, 3.05) is 6.54 Å². The van der Waals surface area contributed by atoms with Crippen LogP contribution in [0, 0.1) is 0 Å². The highest BCUT2D eigenvalue weighted by Gasteiger charge is 2.34. The minimum absolute atomic E-state index is 0.0369. The van der Waals surface area contributed by atoms with Crippen LogP contribution in [0.3, 0.4) is 0 Å². The molecule has 1 aliphatic rings. The lowest BCUT2D eigenvalue weighted by Gasteiger charge is -2.33. The summed E-state index contributed by atoms with van der Waals surface area (Å²) in [6.07, 6.45) is 6.72. The molecule has 0 unspecified atom stereocenters. The van der Waals surface area contributed by atoms with Crippen LogP contribution in [0.4, 0.5) is 0 Å². The molecule has 0 spiro atoms. The Morgan fingerprint density at radius 3 is 2.68 bits per heavy atom. The molecule has 0 bridgehead atoms. The quantitative estimate of drug-likeness (QED) is 0.723. The van der Waals surface area contributed by atoms with Crippen molar-refractivity contribution in [3.8, 4) is 0 Å². The Hall–Kier alpha value is -2.51. The van der Waals surface area contributed by atoms with Crippen molar-refractivity contribution in [1.82, 2.24) is 19.1 Å². The summed E-state index contributed by atoms with van der Waals surface area (Å²) in [4.78, 5) is 4.17. The number of fused-ring (bicyclic) bond motifs is 1. The molecule has 3 heterocycles. The highest BCUT2D eigenvalue weighted by atomic mass is 32.2. The first-order chi connectivity index (χ1) is 12.1. The minimum atomic E-state index is -3.60. The second-order valence-electron chi connectivity index (χ2n) is 6.19. The maximum absolute atomic E-state index is 13.0. The van der Waals surface area contributed by atoms with Crippen molar-refractivity contribution in [2.45, 2.75) is 17.4 Å². The van der Waals surface area contributed by atoms with E-state index in [0.29, 0.717) is 13.1 Å². The zero-order valence-corrected chi connectivity index (χ0v) is 14.6. The lowest BCUT2D eigenvalue weighted by Crippen LogP contribution is -2.38. The molecule has 1 aliphatic heterocycles. The van der Waals surface area contributed by atoms with Gasteiger partial charge < -0.3 is 0 Å². The van der Waals surface area contributed by atoms with E-state index in [2.05, 4.69) is 16.1 Å². The van der Waals surface area contributed by atoms with E-state index in [9.17, 15) is 8.42 Å². The number of aromatic nitrogens is 3. The molecule has 0 aliphatic carbocycles. The monoisotopic (exact) mass is 354 g/mol. The van der Waals surface area contributed by atoms with Crippen LogP contribution >= 0.6 is 0 Å². The molecule has 7 heteroatoms. The first-order valence-corrected chi connectivity index (χ1v) is 9.46. The standard InChI is InChI=1S/C18H18N4O2S/c1-21-11-15(9-20-21)18-13-22(12-14-5-2-3-7-17(14)18)25(23,24)16-6-4-8-19-10-16/h2-11,18H,12-13H2,1H3/t18-/m1/s1. The Balaban J connectivity index is 1.78. The van der Waals surface area contributed by atoms with E-state index in [1.165, 1.54) is 10.5 Å². The Labute approximate surface area is 146 Å². The number of hydrogen-bond acceptors (Lipinski definition) is 4. The zero-order chi connectivity index (χ0) is 17.4. The van der Waals surface area contributed by atoms with Gasteiger partial charge in [0.05, 0.1) is 6.20 Å². The summed E-state index contributed by atoms with van der Waals surface area (Å²) in [5, 5.41) is 4.25. The number of hydrogen-bond donors (Lipinski definition) is 0. The fourth-order valence-corrected chi connectivity index (χ4v) is 4.71. The molecule has 25 heavy (non-hydrogen) atoms. The Morgan fingerprint density at radius 2 is 1.96 bits per heavy atom. The van der Waals surface area contributed by atoms with Gasteiger partial charge in [-0.3, -0.25) is 9.67 Å². The van der Waals surface area contributed by atoms with Crippen LogP contribution in [0.5, 0.6) is 0 Å². The second kappa shape index (κ2) is 6.09. The third-order valence-corrected chi connectivity index (χ3v) is 6.36. The first-order valence-electron chi connectivity index (χ1n) is 8.02. The Morgan fingerprint density at radius 1 is 1.12 bits per heavy atom. The van der Waals surface area contributed by atoms with Gasteiger partial charge >= 0.3 is 0 Å². The van der Waals surface area contributed by atoms with Crippen LogP contribution in [-0.2, 0) is 23.6 Å². The highest BCUT2D eigenvalue weighted by molar-refractivity contribution is 7.89. The third kappa shape index (κ3) is 2.85. The first kappa shape index (κ1) is 16.0. The summed E-state index contributed by atoms with van der Waals surface area (Å²) >= 11 is 0. The summed E-state index contributed by atoms with van der Waals surface area (Å²) in [5.41, 5.74) is 3.20. The van der Waals surface area contributed by atoms with Crippen LogP contribution < -0.4 is 0 Å². The minimum Gasteiger partial charge on any atom is -0.276 e. The van der Waals surface area contributed by atoms with Crippen molar-refractivity contribution < 1.29 is 8.42 Å². The normalized spacial score (nSPS) is 18.0. The van der Waals surface area contributed by atoms with E-state index >= 15 is 0 Å². The highest BCUT2D eigenvalue weighted by Crippen LogP contribution is 2.35. The number of nitrogens with zero attached hydrogens (tertiary/aromatic N) is 4. The maximum Gasteiger partial charge on any atom is 0.244 e. The maximum atomic E-state index is 13.0. The number of sulfonamides is 1. The molecule has 1 atom stereocenters. The Kier molecular flexibility index (Phi) is 3.89. The molecule has 0 N–H and O–H groups in total. The van der Waals surface area contributed by atoms with Crippen molar-refractivity contribution >= 4 is 10.0 Å². The number of benzene rings is 1. The van der Waals surface area contributed by atoms with Crippen molar-refractivity contribution in [2.24, 2.45) is 7.05 Å². The van der Waals surface area contributed by atoms with E-state index < -0.39 is 10.0 Å². The molecule has 2 aromatic heterocycles. The van der Waals surface area contributed by atoms with E-state index in [4.69, 9.17) is 0 Å². The van der Waals surface area contributed by atoms with Gasteiger partial charge in [0.2, 0.25) is 10.0 Å². The molecular weight excluding hydrogens is 336 g/mol. The average molecular weight is 354 g/mol. The molecule has 0 radical (unpaired) electrons. The average Bonchev–Trinajstić information content (AvgIpc) is 3.07. The van der Waals surface area contributed by atoms with E-state index in [1.807, 2.05) is 37.6 Å². The lowest BCUT2D eigenvalue weighted by molar-refractivity contribution is 0.371. The van der Waals surface area contributed by atoms with Crippen molar-refractivity contribution in [1.29, 1.82) is 0 Å². The predicted molar refractivity (Wildman–Crippen MR) is 93.3 cm³/mol. The largest absolute Gasteiger partial charge is 0.276 e. The molecular formula is C18H18N4O2S. The molecule has 4 rings (SSSR count). The van der Waals surface area contributed by atoms with Crippen LogP contribution in [-0.4, -0.2) is 34.0 Å². The summed E-state index contributed by atoms with van der Waals surface area (Å²) in [7, 11) is -1.73. The van der Waals surface area contributed by atoms with Gasteiger partial charge in [-0.15, -0.1) is 0 Å². The molecule has 0 amide bonds. The van der Waals surface area contributed by atoms with E-state index in [0.717, 1.165) is 16.7 Å². The molecule has 1 aromatic carbocycles. The topological polar surface area (TPSA) is 68.1 Å². The van der Waals surface area contributed by atoms with Crippen LogP contribution in [0.25, 0.3) is 0 Å². The molecule has 0 saturated heterocycles. The van der Waals surface area contributed by atoms with Gasteiger partial charge in [-0.05, 0) is 28.8 Å². The fraction of sp³-hybridized carbons (Fsp3) is 0.222. The van der Waals surface area contributed by atoms with Gasteiger partial charge in [-0.2, -0.15) is 9.40 Å². The van der Waals surface area contributed by atoms with Gasteiger partial charge in [-0.1, -0.05) is 24.3 Å². The molecule has 0 fully saturated rings. The zero-order valence-electron chi connectivity index (χ0n) is 13.8. The summed E-state index contributed by atoms with van der Waals surface area (Å²) in [6.45, 7) is 0.754. The van der Waals surface area contributed by atoms with E-state index in [1.54, 1.807) is 23.0 Å². The van der Waals surface area contributed by atoms with E-state index in [-0.39, 0.29) is 10.8 Å². The Bertz CT molecular complexity index is 999. The number of rotatable bonds is 3. The molecule has 3 aromatic rings. The molecule has 0 saturated carbocycles. The SMILES string of the molecule is Cn1cc([C@H]2CN(S(=O)(=O)c3cccnc3)Cc3ccccc32)cn1. The van der Waals surface area contributed by atoms with Gasteiger partial charge in [-0.25, -0.2) is 8.42 Å². The fourth-order valence-electron chi connectivity index (χ4n) is 3.31. The summed E-state index contributed by atoms with van der Waals surface area (Å²) in [6, 6.07) is 11.2. The summed E-state index contributed by atoms with van der Waals surface area (Å²) in [5.74, 6) is -0.0369. The van der Waals surface area contributed by atoms with Crippen LogP contribution in [0.15, 0.2) is 66.1 Å². The van der Waals surface area contributed by atoms with Gasteiger partial charge in [0.15, 0.2) is 0 Å². The molecule has 128 valence electrons. The number of aryl methyl sites for hydroxylation is 1. The van der Waals surface area contributed by atoms with Crippen LogP contribution in [0.1, 0.15) is 22.6 Å². The molecule has 6 nitrogen and oxygen atoms in total. The second-order valence-corrected chi connectivity index (χ2v) is 8.12. The van der Waals surface area contributed by atoms with Crippen LogP contribution in [0.2, 0.25) is 0 Å². The van der Waals surface area contributed by atoms with Gasteiger partial charge in [0, 0.05) is 44.6 Å². The van der Waals surface area contributed by atoms with Crippen molar-refractivity contribution in [3.63, 3.8) is 0 Å². The third-order valence-electron chi connectivity index (χ3n) is 4.56. The number of pyridine rings is 1. The lowest BCUT2D eigenvalue weighted by atomic mass is 9.87. The van der Waals surface area contributed by atoms with Gasteiger partial charge in [0.1, 0.15) is 4.90 Å². The van der Waals surface area contributed by atoms with Gasteiger partial charge in [0.25, 0.3) is 0 Å².